The number of aromatic nitrogens is 1. The van der Waals surface area contributed by atoms with E-state index in [-0.39, 0.29) is 18.4 Å². The highest BCUT2D eigenvalue weighted by Crippen LogP contribution is 2.22. The van der Waals surface area contributed by atoms with Gasteiger partial charge in [-0.25, -0.2) is 4.98 Å². The van der Waals surface area contributed by atoms with E-state index in [0.717, 1.165) is 21.3 Å². The number of anilines is 1. The first-order chi connectivity index (χ1) is 12.5. The molecule has 2 amide bonds. The maximum Gasteiger partial charge on any atom is 0.254 e. The Morgan fingerprint density at radius 3 is 2.54 bits per heavy atom. The summed E-state index contributed by atoms with van der Waals surface area (Å²) in [4.78, 5) is 32.3. The number of hydrogen-bond acceptors (Lipinski definition) is 4. The molecule has 134 valence electrons. The van der Waals surface area contributed by atoms with Crippen LogP contribution in [0.15, 0.2) is 42.5 Å². The van der Waals surface area contributed by atoms with Gasteiger partial charge in [-0.1, -0.05) is 36.4 Å². The van der Waals surface area contributed by atoms with Gasteiger partial charge in [0.05, 0.1) is 5.69 Å². The van der Waals surface area contributed by atoms with Gasteiger partial charge in [0.1, 0.15) is 6.54 Å². The molecular weight excluding hydrogens is 346 g/mol. The van der Waals surface area contributed by atoms with Crippen molar-refractivity contribution < 1.29 is 9.59 Å². The summed E-state index contributed by atoms with van der Waals surface area (Å²) in [7, 11) is 0. The van der Waals surface area contributed by atoms with Gasteiger partial charge in [-0.2, -0.15) is 0 Å². The summed E-state index contributed by atoms with van der Waals surface area (Å²) in [5, 5.41) is 5.26. The lowest BCUT2D eigenvalue weighted by Gasteiger charge is -2.21. The number of rotatable bonds is 5. The number of aryl methyl sites for hydroxylation is 2. The van der Waals surface area contributed by atoms with Crippen LogP contribution in [0.4, 0.5) is 5.13 Å². The molecule has 1 aromatic heterocycles. The van der Waals surface area contributed by atoms with E-state index in [4.69, 9.17) is 0 Å². The Balaban J connectivity index is 1.77. The lowest BCUT2D eigenvalue weighted by Crippen LogP contribution is -2.38. The molecule has 1 heterocycles. The summed E-state index contributed by atoms with van der Waals surface area (Å²) in [5.74, 6) is -0.389. The highest BCUT2D eigenvalue weighted by Gasteiger charge is 2.20. The third kappa shape index (κ3) is 3.75. The third-order valence-corrected chi connectivity index (χ3v) is 5.29. The van der Waals surface area contributed by atoms with Crippen molar-refractivity contribution in [2.75, 3.05) is 18.4 Å². The molecule has 26 heavy (non-hydrogen) atoms. The van der Waals surface area contributed by atoms with E-state index in [1.807, 2.05) is 57.2 Å². The van der Waals surface area contributed by atoms with E-state index in [1.165, 1.54) is 11.3 Å². The van der Waals surface area contributed by atoms with Crippen molar-refractivity contribution in [1.29, 1.82) is 0 Å². The average molecular weight is 367 g/mol. The third-order valence-electron chi connectivity index (χ3n) is 4.30. The second-order valence-corrected chi connectivity index (χ2v) is 7.26. The van der Waals surface area contributed by atoms with Gasteiger partial charge in [0, 0.05) is 17.0 Å². The number of benzene rings is 2. The van der Waals surface area contributed by atoms with Gasteiger partial charge in [0.25, 0.3) is 5.91 Å². The molecule has 1 N–H and O–H groups in total. The number of hydrogen-bond donors (Lipinski definition) is 1. The Morgan fingerprint density at radius 2 is 1.85 bits per heavy atom. The quantitative estimate of drug-likeness (QED) is 0.741. The van der Waals surface area contributed by atoms with Crippen LogP contribution in [0.5, 0.6) is 0 Å². The maximum absolute atomic E-state index is 13.0. The van der Waals surface area contributed by atoms with E-state index >= 15 is 0 Å². The highest BCUT2D eigenvalue weighted by atomic mass is 32.1. The van der Waals surface area contributed by atoms with Gasteiger partial charge in [0.2, 0.25) is 5.91 Å². The Kier molecular flexibility index (Phi) is 5.32. The second kappa shape index (κ2) is 7.66. The molecule has 0 saturated carbocycles. The molecule has 0 unspecified atom stereocenters. The van der Waals surface area contributed by atoms with Gasteiger partial charge < -0.3 is 10.2 Å². The van der Waals surface area contributed by atoms with E-state index in [0.29, 0.717) is 17.2 Å². The molecule has 0 aliphatic carbocycles. The van der Waals surface area contributed by atoms with Crippen LogP contribution in [0.1, 0.15) is 27.9 Å². The predicted octanol–water partition coefficient (Wildman–Crippen LogP) is 4.01. The molecule has 0 fully saturated rings. The van der Waals surface area contributed by atoms with E-state index in [2.05, 4.69) is 10.3 Å². The first-order valence-corrected chi connectivity index (χ1v) is 9.32. The Labute approximate surface area is 156 Å². The molecule has 0 radical (unpaired) electrons. The number of nitrogens with one attached hydrogen (secondary N) is 1. The molecule has 3 aromatic rings. The van der Waals surface area contributed by atoms with E-state index in [9.17, 15) is 9.59 Å². The summed E-state index contributed by atoms with van der Waals surface area (Å²) in [5.41, 5.74) is 1.52. The molecule has 0 atom stereocenters. The monoisotopic (exact) mass is 367 g/mol. The molecule has 0 aliphatic rings. The zero-order chi connectivity index (χ0) is 18.7. The molecule has 5 nitrogen and oxygen atoms in total. The number of carbonyl (C=O) groups is 2. The topological polar surface area (TPSA) is 62.3 Å². The average Bonchev–Trinajstić information content (AvgIpc) is 2.95. The van der Waals surface area contributed by atoms with Crippen molar-refractivity contribution in [3.05, 3.63) is 58.6 Å². The molecule has 6 heteroatoms. The zero-order valence-electron chi connectivity index (χ0n) is 15.1. The van der Waals surface area contributed by atoms with E-state index < -0.39 is 0 Å². The largest absolute Gasteiger partial charge is 0.330 e. The molecule has 0 spiro atoms. The Morgan fingerprint density at radius 1 is 1.12 bits per heavy atom. The van der Waals surface area contributed by atoms with Crippen LogP contribution in [0.2, 0.25) is 0 Å². The molecule has 3 rings (SSSR count). The number of likely N-dealkylation sites (N-methyl/N-ethyl adjacent to an activating group) is 1. The van der Waals surface area contributed by atoms with Gasteiger partial charge in [-0.3, -0.25) is 9.59 Å². The maximum atomic E-state index is 13.0. The SMILES string of the molecule is CCN(CC(=O)Nc1nc(C)c(C)s1)C(=O)c1cccc2ccccc12. The predicted molar refractivity (Wildman–Crippen MR) is 106 cm³/mol. The molecule has 0 saturated heterocycles. The van der Waals surface area contributed by atoms with Gasteiger partial charge in [-0.05, 0) is 37.6 Å². The van der Waals surface area contributed by atoms with Crippen molar-refractivity contribution >= 4 is 39.1 Å². The zero-order valence-corrected chi connectivity index (χ0v) is 15.9. The summed E-state index contributed by atoms with van der Waals surface area (Å²) >= 11 is 1.44. The van der Waals surface area contributed by atoms with Crippen LogP contribution in [0.25, 0.3) is 10.8 Å². The van der Waals surface area contributed by atoms with Gasteiger partial charge in [0.15, 0.2) is 5.13 Å². The van der Waals surface area contributed by atoms with Crippen molar-refractivity contribution in [3.8, 4) is 0 Å². The number of nitrogens with zero attached hydrogens (tertiary/aromatic N) is 2. The highest BCUT2D eigenvalue weighted by molar-refractivity contribution is 7.15. The molecule has 0 aliphatic heterocycles. The van der Waals surface area contributed by atoms with Gasteiger partial charge >= 0.3 is 0 Å². The molecule has 0 bridgehead atoms. The fourth-order valence-corrected chi connectivity index (χ4v) is 3.60. The van der Waals surface area contributed by atoms with Crippen molar-refractivity contribution in [1.82, 2.24) is 9.88 Å². The first-order valence-electron chi connectivity index (χ1n) is 8.50. The van der Waals surface area contributed by atoms with Crippen molar-refractivity contribution in [2.24, 2.45) is 0 Å². The summed E-state index contributed by atoms with van der Waals surface area (Å²) in [6.45, 7) is 6.19. The fraction of sp³-hybridized carbons (Fsp3) is 0.250. The van der Waals surface area contributed by atoms with Crippen LogP contribution < -0.4 is 5.32 Å². The van der Waals surface area contributed by atoms with Crippen LogP contribution >= 0.6 is 11.3 Å². The fourth-order valence-electron chi connectivity index (χ4n) is 2.77. The minimum absolute atomic E-state index is 0.00374. The number of amides is 2. The van der Waals surface area contributed by atoms with Crippen LogP contribution in [-0.4, -0.2) is 34.8 Å². The molecular formula is C20H21N3O2S. The van der Waals surface area contributed by atoms with Crippen molar-refractivity contribution in [3.63, 3.8) is 0 Å². The lowest BCUT2D eigenvalue weighted by atomic mass is 10.0. The van der Waals surface area contributed by atoms with Gasteiger partial charge in [-0.15, -0.1) is 11.3 Å². The number of thiazole rings is 1. The van der Waals surface area contributed by atoms with Crippen LogP contribution in [0.3, 0.4) is 0 Å². The molecule has 2 aromatic carbocycles. The standard InChI is InChI=1S/C20H21N3O2S/c1-4-23(12-18(24)22-20-21-13(2)14(3)26-20)19(25)17-11-7-9-15-8-5-6-10-16(15)17/h5-11H,4,12H2,1-3H3,(H,21,22,24). The minimum atomic E-state index is -0.241. The Hall–Kier alpha value is -2.73. The Bertz CT molecular complexity index is 940. The lowest BCUT2D eigenvalue weighted by molar-refractivity contribution is -0.116. The normalized spacial score (nSPS) is 10.7. The second-order valence-electron chi connectivity index (χ2n) is 6.05. The number of carbonyl (C=O) groups excluding carboxylic acids is 2. The summed E-state index contributed by atoms with van der Waals surface area (Å²) < 4.78 is 0. The van der Waals surface area contributed by atoms with Crippen LogP contribution in [-0.2, 0) is 4.79 Å². The van der Waals surface area contributed by atoms with E-state index in [1.54, 1.807) is 11.0 Å². The summed E-state index contributed by atoms with van der Waals surface area (Å²) in [6.07, 6.45) is 0. The first kappa shape index (κ1) is 18.1. The smallest absolute Gasteiger partial charge is 0.254 e. The number of fused-ring (bicyclic) bond motifs is 1. The summed E-state index contributed by atoms with van der Waals surface area (Å²) in [6, 6.07) is 13.4. The minimum Gasteiger partial charge on any atom is -0.330 e. The van der Waals surface area contributed by atoms with Crippen molar-refractivity contribution in [2.45, 2.75) is 20.8 Å². The van der Waals surface area contributed by atoms with Crippen LogP contribution in [0, 0.1) is 13.8 Å².